The Bertz CT molecular complexity index is 310. The molecule has 1 aliphatic heterocycles. The lowest BCUT2D eigenvalue weighted by molar-refractivity contribution is -0.145. The van der Waals surface area contributed by atoms with Crippen LogP contribution >= 0.6 is 11.3 Å². The van der Waals surface area contributed by atoms with Gasteiger partial charge in [0.05, 0.1) is 13.0 Å². The van der Waals surface area contributed by atoms with E-state index in [0.717, 1.165) is 13.1 Å². The number of ether oxygens (including phenoxy) is 1. The summed E-state index contributed by atoms with van der Waals surface area (Å²) >= 11 is 1.67. The highest BCUT2D eigenvalue weighted by Gasteiger charge is 2.34. The van der Waals surface area contributed by atoms with E-state index in [0.29, 0.717) is 0 Å². The highest BCUT2D eigenvalue weighted by atomic mass is 32.1. The number of carbonyl (C=O) groups is 1. The highest BCUT2D eigenvalue weighted by Crippen LogP contribution is 2.30. The monoisotopic (exact) mass is 211 g/mol. The van der Waals surface area contributed by atoms with Gasteiger partial charge in [0.1, 0.15) is 0 Å². The number of hydrogen-bond acceptors (Lipinski definition) is 4. The fourth-order valence-electron chi connectivity index (χ4n) is 1.91. The summed E-state index contributed by atoms with van der Waals surface area (Å²) in [4.78, 5) is 11.5. The molecule has 1 aliphatic rings. The lowest BCUT2D eigenvalue weighted by atomic mass is 9.91. The van der Waals surface area contributed by atoms with Gasteiger partial charge >= 0.3 is 5.97 Å². The maximum atomic E-state index is 11.5. The molecule has 1 aromatic rings. The SMILES string of the molecule is COC(=O)[C@@H]1CNC[C@H]1c1ccsc1. The summed E-state index contributed by atoms with van der Waals surface area (Å²) in [6.45, 7) is 1.60. The number of rotatable bonds is 2. The minimum absolute atomic E-state index is 0.0189. The molecule has 2 heterocycles. The van der Waals surface area contributed by atoms with Crippen molar-refractivity contribution in [1.82, 2.24) is 5.32 Å². The smallest absolute Gasteiger partial charge is 0.310 e. The van der Waals surface area contributed by atoms with E-state index >= 15 is 0 Å². The Balaban J connectivity index is 2.15. The van der Waals surface area contributed by atoms with Crippen LogP contribution in [0.5, 0.6) is 0 Å². The standard InChI is InChI=1S/C10H13NO2S/c1-13-10(12)9-5-11-4-8(9)7-2-3-14-6-7/h2-3,6,8-9,11H,4-5H2,1H3/t8-,9+/m0/s1. The van der Waals surface area contributed by atoms with E-state index in [9.17, 15) is 4.79 Å². The summed E-state index contributed by atoms with van der Waals surface area (Å²) in [5, 5.41) is 7.38. The highest BCUT2D eigenvalue weighted by molar-refractivity contribution is 7.08. The van der Waals surface area contributed by atoms with Crippen LogP contribution in [0.3, 0.4) is 0 Å². The summed E-state index contributed by atoms with van der Waals surface area (Å²) in [7, 11) is 1.45. The molecular weight excluding hydrogens is 198 g/mol. The molecule has 0 amide bonds. The van der Waals surface area contributed by atoms with Gasteiger partial charge in [0, 0.05) is 19.0 Å². The fraction of sp³-hybridized carbons (Fsp3) is 0.500. The van der Waals surface area contributed by atoms with Gasteiger partial charge in [0.15, 0.2) is 0 Å². The van der Waals surface area contributed by atoms with Crippen LogP contribution in [-0.2, 0) is 9.53 Å². The molecule has 1 aromatic heterocycles. The second-order valence-corrected chi connectivity index (χ2v) is 4.23. The summed E-state index contributed by atoms with van der Waals surface area (Å²) < 4.78 is 4.79. The van der Waals surface area contributed by atoms with E-state index < -0.39 is 0 Å². The maximum absolute atomic E-state index is 11.5. The number of carbonyl (C=O) groups excluding carboxylic acids is 1. The van der Waals surface area contributed by atoms with Gasteiger partial charge in [-0.2, -0.15) is 11.3 Å². The Morgan fingerprint density at radius 1 is 1.64 bits per heavy atom. The number of methoxy groups -OCH3 is 1. The zero-order valence-corrected chi connectivity index (χ0v) is 8.84. The molecule has 0 aromatic carbocycles. The summed E-state index contributed by atoms with van der Waals surface area (Å²) in [6, 6.07) is 2.08. The molecule has 0 unspecified atom stereocenters. The molecule has 1 saturated heterocycles. The minimum atomic E-state index is -0.105. The van der Waals surface area contributed by atoms with Crippen molar-refractivity contribution < 1.29 is 9.53 Å². The number of thiophene rings is 1. The van der Waals surface area contributed by atoms with Crippen LogP contribution in [0.25, 0.3) is 0 Å². The van der Waals surface area contributed by atoms with E-state index in [-0.39, 0.29) is 17.8 Å². The third-order valence-electron chi connectivity index (χ3n) is 2.69. The minimum Gasteiger partial charge on any atom is -0.469 e. The van der Waals surface area contributed by atoms with E-state index in [1.54, 1.807) is 11.3 Å². The van der Waals surface area contributed by atoms with Gasteiger partial charge in [-0.15, -0.1) is 0 Å². The normalized spacial score (nSPS) is 26.4. The quantitative estimate of drug-likeness (QED) is 0.748. The van der Waals surface area contributed by atoms with E-state index in [1.807, 2.05) is 5.38 Å². The Labute approximate surface area is 87.1 Å². The van der Waals surface area contributed by atoms with E-state index in [4.69, 9.17) is 4.74 Å². The second-order valence-electron chi connectivity index (χ2n) is 3.45. The van der Waals surface area contributed by atoms with Gasteiger partial charge in [0.25, 0.3) is 0 Å². The average molecular weight is 211 g/mol. The van der Waals surface area contributed by atoms with Crippen molar-refractivity contribution in [1.29, 1.82) is 0 Å². The van der Waals surface area contributed by atoms with Gasteiger partial charge in [-0.25, -0.2) is 0 Å². The molecule has 76 valence electrons. The van der Waals surface area contributed by atoms with Crippen LogP contribution < -0.4 is 5.32 Å². The molecule has 1 fully saturated rings. The zero-order chi connectivity index (χ0) is 9.97. The van der Waals surface area contributed by atoms with Crippen molar-refractivity contribution in [3.63, 3.8) is 0 Å². The molecule has 0 saturated carbocycles. The maximum Gasteiger partial charge on any atom is 0.310 e. The predicted molar refractivity (Wildman–Crippen MR) is 55.4 cm³/mol. The second kappa shape index (κ2) is 4.11. The Hall–Kier alpha value is -0.870. The molecule has 2 atom stereocenters. The van der Waals surface area contributed by atoms with Gasteiger partial charge < -0.3 is 10.1 Å². The number of esters is 1. The summed E-state index contributed by atoms with van der Waals surface area (Å²) in [5.41, 5.74) is 1.25. The van der Waals surface area contributed by atoms with E-state index in [1.165, 1.54) is 12.7 Å². The topological polar surface area (TPSA) is 38.3 Å². The van der Waals surface area contributed by atoms with Crippen molar-refractivity contribution in [2.45, 2.75) is 5.92 Å². The summed E-state index contributed by atoms with van der Waals surface area (Å²) in [5.74, 6) is 0.162. The largest absolute Gasteiger partial charge is 0.469 e. The molecule has 4 heteroatoms. The zero-order valence-electron chi connectivity index (χ0n) is 8.03. The van der Waals surface area contributed by atoms with Gasteiger partial charge in [-0.05, 0) is 22.4 Å². The van der Waals surface area contributed by atoms with Crippen molar-refractivity contribution in [2.75, 3.05) is 20.2 Å². The molecule has 2 rings (SSSR count). The van der Waals surface area contributed by atoms with Crippen LogP contribution in [0.4, 0.5) is 0 Å². The molecule has 1 N–H and O–H groups in total. The lowest BCUT2D eigenvalue weighted by Gasteiger charge is -2.14. The first-order chi connectivity index (χ1) is 6.83. The van der Waals surface area contributed by atoms with E-state index in [2.05, 4.69) is 16.8 Å². The molecule has 0 radical (unpaired) electrons. The average Bonchev–Trinajstić information content (AvgIpc) is 2.85. The third-order valence-corrected chi connectivity index (χ3v) is 3.39. The van der Waals surface area contributed by atoms with Crippen LogP contribution in [0.15, 0.2) is 16.8 Å². The molecule has 3 nitrogen and oxygen atoms in total. The fourth-order valence-corrected chi connectivity index (χ4v) is 2.64. The van der Waals surface area contributed by atoms with Crippen LogP contribution in [-0.4, -0.2) is 26.2 Å². The predicted octanol–water partition coefficient (Wildman–Crippen LogP) is 1.22. The van der Waals surface area contributed by atoms with Crippen molar-refractivity contribution in [3.8, 4) is 0 Å². The van der Waals surface area contributed by atoms with Crippen LogP contribution in [0, 0.1) is 5.92 Å². The Morgan fingerprint density at radius 3 is 3.14 bits per heavy atom. The number of hydrogen-bond donors (Lipinski definition) is 1. The molecule has 0 aliphatic carbocycles. The Kier molecular flexibility index (Phi) is 2.84. The first-order valence-electron chi connectivity index (χ1n) is 4.63. The van der Waals surface area contributed by atoms with Gasteiger partial charge in [-0.3, -0.25) is 4.79 Å². The van der Waals surface area contributed by atoms with Crippen molar-refractivity contribution >= 4 is 17.3 Å². The molecule has 14 heavy (non-hydrogen) atoms. The van der Waals surface area contributed by atoms with Crippen molar-refractivity contribution in [3.05, 3.63) is 22.4 Å². The van der Waals surface area contributed by atoms with Gasteiger partial charge in [0.2, 0.25) is 0 Å². The number of nitrogens with one attached hydrogen (secondary N) is 1. The molecular formula is C10H13NO2S. The first-order valence-corrected chi connectivity index (χ1v) is 5.58. The van der Waals surface area contributed by atoms with Crippen LogP contribution in [0.2, 0.25) is 0 Å². The Morgan fingerprint density at radius 2 is 2.50 bits per heavy atom. The third kappa shape index (κ3) is 1.67. The first kappa shape index (κ1) is 9.68. The lowest BCUT2D eigenvalue weighted by Crippen LogP contribution is -2.22. The van der Waals surface area contributed by atoms with Crippen molar-refractivity contribution in [2.24, 2.45) is 5.92 Å². The molecule has 0 spiro atoms. The van der Waals surface area contributed by atoms with Crippen LogP contribution in [0.1, 0.15) is 11.5 Å². The summed E-state index contributed by atoms with van der Waals surface area (Å²) in [6.07, 6.45) is 0. The molecule has 0 bridgehead atoms. The van der Waals surface area contributed by atoms with Gasteiger partial charge in [-0.1, -0.05) is 0 Å².